The van der Waals surface area contributed by atoms with Gasteiger partial charge in [-0.05, 0) is 55.0 Å². The van der Waals surface area contributed by atoms with E-state index in [-0.39, 0.29) is 5.57 Å². The van der Waals surface area contributed by atoms with Crippen LogP contribution in [0, 0.1) is 18.3 Å². The fourth-order valence-corrected chi connectivity index (χ4v) is 3.46. The molecule has 3 rings (SSSR count). The zero-order valence-corrected chi connectivity index (χ0v) is 19.3. The third-order valence-corrected chi connectivity index (χ3v) is 5.22. The Balaban J connectivity index is 1.82. The monoisotopic (exact) mass is 524 g/mol. The van der Waals surface area contributed by atoms with Gasteiger partial charge >= 0.3 is 0 Å². The van der Waals surface area contributed by atoms with Crippen molar-refractivity contribution in [2.45, 2.75) is 13.5 Å². The van der Waals surface area contributed by atoms with Crippen molar-refractivity contribution in [3.05, 3.63) is 97.9 Å². The van der Waals surface area contributed by atoms with Crippen molar-refractivity contribution in [2.75, 3.05) is 5.32 Å². The maximum Gasteiger partial charge on any atom is 0.266 e. The van der Waals surface area contributed by atoms with Crippen LogP contribution in [0.25, 0.3) is 6.08 Å². The van der Waals surface area contributed by atoms with Crippen LogP contribution in [-0.2, 0) is 11.4 Å². The number of anilines is 1. The van der Waals surface area contributed by atoms with Gasteiger partial charge in [0.25, 0.3) is 5.91 Å². The van der Waals surface area contributed by atoms with E-state index < -0.39 is 5.91 Å². The molecule has 0 fully saturated rings. The number of carbonyl (C=O) groups excluding carboxylic acids is 1. The highest BCUT2D eigenvalue weighted by Crippen LogP contribution is 2.27. The third kappa shape index (κ3) is 6.06. The number of carbonyl (C=O) groups is 1. The van der Waals surface area contributed by atoms with Crippen LogP contribution >= 0.6 is 31.9 Å². The standard InChI is InChI=1S/C24H18Br2N2O2/c1-16-5-7-17(8-6-16)15-30-23-10-9-21(26)12-18(23)11-19(14-27)24(29)28-22-4-2-3-20(25)13-22/h2-13H,15H2,1H3,(H,28,29)/b19-11-. The molecule has 4 nitrogen and oxygen atoms in total. The molecule has 3 aromatic rings. The average Bonchev–Trinajstić information content (AvgIpc) is 2.72. The molecule has 30 heavy (non-hydrogen) atoms. The van der Waals surface area contributed by atoms with Crippen molar-refractivity contribution < 1.29 is 9.53 Å². The molecule has 0 spiro atoms. The van der Waals surface area contributed by atoms with Crippen LogP contribution < -0.4 is 10.1 Å². The van der Waals surface area contributed by atoms with Crippen LogP contribution in [-0.4, -0.2) is 5.91 Å². The molecule has 150 valence electrons. The van der Waals surface area contributed by atoms with E-state index in [4.69, 9.17) is 4.74 Å². The minimum Gasteiger partial charge on any atom is -0.488 e. The summed E-state index contributed by atoms with van der Waals surface area (Å²) in [5.74, 6) is 0.0989. The lowest BCUT2D eigenvalue weighted by Gasteiger charge is -2.11. The van der Waals surface area contributed by atoms with Crippen LogP contribution in [0.1, 0.15) is 16.7 Å². The van der Waals surface area contributed by atoms with Crippen LogP contribution in [0.15, 0.2) is 81.2 Å². The van der Waals surface area contributed by atoms with Gasteiger partial charge in [0.2, 0.25) is 0 Å². The molecule has 0 heterocycles. The Labute approximate surface area is 192 Å². The van der Waals surface area contributed by atoms with E-state index in [1.54, 1.807) is 18.2 Å². The quantitative estimate of drug-likeness (QED) is 0.289. The zero-order valence-electron chi connectivity index (χ0n) is 16.2. The SMILES string of the molecule is Cc1ccc(COc2ccc(Br)cc2/C=C(/C#N)C(=O)Nc2cccc(Br)c2)cc1. The number of benzene rings is 3. The van der Waals surface area contributed by atoms with Gasteiger partial charge < -0.3 is 10.1 Å². The lowest BCUT2D eigenvalue weighted by atomic mass is 10.1. The molecule has 0 radical (unpaired) electrons. The van der Waals surface area contributed by atoms with Gasteiger partial charge in [-0.1, -0.05) is 67.8 Å². The predicted molar refractivity (Wildman–Crippen MR) is 126 cm³/mol. The number of rotatable bonds is 6. The molecular formula is C24H18Br2N2O2. The van der Waals surface area contributed by atoms with Crippen LogP contribution in [0.4, 0.5) is 5.69 Å². The first-order valence-corrected chi connectivity index (χ1v) is 10.7. The summed E-state index contributed by atoms with van der Waals surface area (Å²) in [6.45, 7) is 2.42. The molecule has 1 N–H and O–H groups in total. The summed E-state index contributed by atoms with van der Waals surface area (Å²) < 4.78 is 7.62. The van der Waals surface area contributed by atoms with Crippen molar-refractivity contribution in [2.24, 2.45) is 0 Å². The predicted octanol–water partition coefficient (Wildman–Crippen LogP) is 6.64. The molecule has 0 bridgehead atoms. The number of nitrogens with zero attached hydrogens (tertiary/aromatic N) is 1. The summed E-state index contributed by atoms with van der Waals surface area (Å²) in [6, 6.07) is 22.7. The molecule has 0 aliphatic rings. The van der Waals surface area contributed by atoms with E-state index in [0.29, 0.717) is 23.6 Å². The second-order valence-corrected chi connectivity index (χ2v) is 8.42. The van der Waals surface area contributed by atoms with E-state index >= 15 is 0 Å². The van der Waals surface area contributed by atoms with Crippen molar-refractivity contribution in [1.82, 2.24) is 0 Å². The van der Waals surface area contributed by atoms with Crippen LogP contribution in [0.5, 0.6) is 5.75 Å². The number of hydrogen-bond donors (Lipinski definition) is 1. The summed E-state index contributed by atoms with van der Waals surface area (Å²) in [5.41, 5.74) is 3.43. The molecule has 0 atom stereocenters. The molecular weight excluding hydrogens is 508 g/mol. The van der Waals surface area contributed by atoms with Gasteiger partial charge in [-0.2, -0.15) is 5.26 Å². The van der Waals surface area contributed by atoms with Gasteiger partial charge in [0.15, 0.2) is 0 Å². The average molecular weight is 526 g/mol. The lowest BCUT2D eigenvalue weighted by molar-refractivity contribution is -0.112. The molecule has 1 amide bonds. The Hall–Kier alpha value is -2.88. The molecule has 6 heteroatoms. The normalized spacial score (nSPS) is 10.9. The van der Waals surface area contributed by atoms with Gasteiger partial charge in [-0.15, -0.1) is 0 Å². The summed E-state index contributed by atoms with van der Waals surface area (Å²) in [6.07, 6.45) is 1.53. The number of aryl methyl sites for hydroxylation is 1. The first-order chi connectivity index (χ1) is 14.4. The minimum absolute atomic E-state index is 0.0201. The largest absolute Gasteiger partial charge is 0.488 e. The Morgan fingerprint density at radius 1 is 1.07 bits per heavy atom. The van der Waals surface area contributed by atoms with Crippen molar-refractivity contribution in [3.63, 3.8) is 0 Å². The lowest BCUT2D eigenvalue weighted by Crippen LogP contribution is -2.13. The van der Waals surface area contributed by atoms with E-state index in [2.05, 4.69) is 37.2 Å². The second kappa shape index (κ2) is 10.2. The fourth-order valence-electron chi connectivity index (χ4n) is 2.68. The Kier molecular flexibility index (Phi) is 7.45. The summed E-state index contributed by atoms with van der Waals surface area (Å²) in [5, 5.41) is 12.3. The number of ether oxygens (including phenoxy) is 1. The van der Waals surface area contributed by atoms with E-state index in [9.17, 15) is 10.1 Å². The maximum absolute atomic E-state index is 12.6. The molecule has 0 aliphatic heterocycles. The Bertz CT molecular complexity index is 1130. The molecule has 0 aromatic heterocycles. The van der Waals surface area contributed by atoms with E-state index in [0.717, 1.165) is 14.5 Å². The molecule has 0 saturated carbocycles. The van der Waals surface area contributed by atoms with Gasteiger partial charge in [-0.25, -0.2) is 0 Å². The first-order valence-electron chi connectivity index (χ1n) is 9.11. The van der Waals surface area contributed by atoms with E-state index in [1.165, 1.54) is 11.6 Å². The highest BCUT2D eigenvalue weighted by Gasteiger charge is 2.12. The Morgan fingerprint density at radius 3 is 2.50 bits per heavy atom. The van der Waals surface area contributed by atoms with Crippen molar-refractivity contribution >= 4 is 49.5 Å². The third-order valence-electron chi connectivity index (χ3n) is 4.23. The number of halogens is 2. The molecule has 0 saturated heterocycles. The van der Waals surface area contributed by atoms with E-state index in [1.807, 2.05) is 61.5 Å². The summed E-state index contributed by atoms with van der Waals surface area (Å²) >= 11 is 6.80. The van der Waals surface area contributed by atoms with Gasteiger partial charge in [0.1, 0.15) is 24.0 Å². The smallest absolute Gasteiger partial charge is 0.266 e. The highest BCUT2D eigenvalue weighted by atomic mass is 79.9. The molecule has 3 aromatic carbocycles. The van der Waals surface area contributed by atoms with Gasteiger partial charge in [0.05, 0.1) is 0 Å². The topological polar surface area (TPSA) is 62.1 Å². The zero-order chi connectivity index (χ0) is 21.5. The number of nitrogens with one attached hydrogen (secondary N) is 1. The number of hydrogen-bond acceptors (Lipinski definition) is 3. The molecule has 0 aliphatic carbocycles. The Morgan fingerprint density at radius 2 is 1.80 bits per heavy atom. The van der Waals surface area contributed by atoms with Gasteiger partial charge in [-0.3, -0.25) is 4.79 Å². The van der Waals surface area contributed by atoms with Crippen LogP contribution in [0.3, 0.4) is 0 Å². The first kappa shape index (κ1) is 21.8. The summed E-state index contributed by atoms with van der Waals surface area (Å²) in [4.78, 5) is 12.6. The highest BCUT2D eigenvalue weighted by molar-refractivity contribution is 9.10. The minimum atomic E-state index is -0.486. The number of amides is 1. The fraction of sp³-hybridized carbons (Fsp3) is 0.0833. The van der Waals surface area contributed by atoms with Crippen LogP contribution in [0.2, 0.25) is 0 Å². The second-order valence-electron chi connectivity index (χ2n) is 6.59. The summed E-state index contributed by atoms with van der Waals surface area (Å²) in [7, 11) is 0. The maximum atomic E-state index is 12.6. The van der Waals surface area contributed by atoms with Crippen molar-refractivity contribution in [1.29, 1.82) is 5.26 Å². The number of nitriles is 1. The van der Waals surface area contributed by atoms with Crippen molar-refractivity contribution in [3.8, 4) is 11.8 Å². The molecule has 0 unspecified atom stereocenters. The van der Waals surface area contributed by atoms with Gasteiger partial charge in [0, 0.05) is 20.2 Å².